The van der Waals surface area contributed by atoms with Crippen LogP contribution in [0.4, 0.5) is 26.7 Å². The van der Waals surface area contributed by atoms with Crippen molar-refractivity contribution in [3.63, 3.8) is 0 Å². The van der Waals surface area contributed by atoms with Crippen molar-refractivity contribution in [1.29, 1.82) is 0 Å². The quantitative estimate of drug-likeness (QED) is 0.382. The van der Waals surface area contributed by atoms with E-state index in [0.717, 1.165) is 12.1 Å². The second-order valence-corrected chi connectivity index (χ2v) is 6.34. The number of benzene rings is 2. The van der Waals surface area contributed by atoms with Crippen LogP contribution in [0.2, 0.25) is 5.02 Å². The maximum Gasteiger partial charge on any atom is 0.407 e. The van der Waals surface area contributed by atoms with Crippen LogP contribution in [0.25, 0.3) is 0 Å². The van der Waals surface area contributed by atoms with Gasteiger partial charge in [-0.2, -0.15) is 13.2 Å². The highest BCUT2D eigenvalue weighted by atomic mass is 35.5. The first-order chi connectivity index (χ1) is 14.1. The van der Waals surface area contributed by atoms with Gasteiger partial charge in [-0.15, -0.1) is 0 Å². The van der Waals surface area contributed by atoms with Crippen molar-refractivity contribution < 1.29 is 41.0 Å². The highest BCUT2D eigenvalue weighted by Crippen LogP contribution is 2.31. The molecule has 0 saturated carbocycles. The molecule has 11 heteroatoms. The molecule has 30 heavy (non-hydrogen) atoms. The molecule has 0 atom stereocenters. The number of hydrogen-bond donors (Lipinski definition) is 1. The Kier molecular flexibility index (Phi) is 8.52. The van der Waals surface area contributed by atoms with Gasteiger partial charge in [0, 0.05) is 30.7 Å². The molecule has 1 amide bonds. The van der Waals surface area contributed by atoms with E-state index in [1.54, 1.807) is 0 Å². The Morgan fingerprint density at radius 3 is 2.33 bits per heavy atom. The Morgan fingerprint density at radius 1 is 1.00 bits per heavy atom. The van der Waals surface area contributed by atoms with E-state index >= 15 is 0 Å². The number of alkyl halides is 3. The first-order valence-electron chi connectivity index (χ1n) is 8.66. The fourth-order valence-electron chi connectivity index (χ4n) is 2.19. The Bertz CT molecular complexity index is 843. The molecule has 0 radical (unpaired) electrons. The van der Waals surface area contributed by atoms with Gasteiger partial charge in [0.1, 0.15) is 35.5 Å². The van der Waals surface area contributed by atoms with Crippen LogP contribution >= 0.6 is 11.6 Å². The van der Waals surface area contributed by atoms with Crippen molar-refractivity contribution in [2.45, 2.75) is 19.0 Å². The van der Waals surface area contributed by atoms with Gasteiger partial charge in [-0.1, -0.05) is 11.6 Å². The molecule has 0 heterocycles. The normalized spacial score (nSPS) is 11.1. The highest BCUT2D eigenvalue weighted by Gasteiger charge is 2.26. The fourth-order valence-corrected chi connectivity index (χ4v) is 2.41. The van der Waals surface area contributed by atoms with Gasteiger partial charge in [0.25, 0.3) is 0 Å². The van der Waals surface area contributed by atoms with E-state index in [1.807, 2.05) is 0 Å². The van der Waals surface area contributed by atoms with Gasteiger partial charge in [-0.25, -0.2) is 13.6 Å². The number of carbonyl (C=O) groups is 1. The molecule has 164 valence electrons. The Morgan fingerprint density at radius 2 is 1.70 bits per heavy atom. The van der Waals surface area contributed by atoms with Crippen LogP contribution in [-0.4, -0.2) is 32.0 Å². The van der Waals surface area contributed by atoms with Crippen molar-refractivity contribution in [3.05, 3.63) is 53.1 Å². The van der Waals surface area contributed by atoms with E-state index in [2.05, 4.69) is 10.1 Å². The number of alkyl carbamates (subject to hydrolysis) is 1. The summed E-state index contributed by atoms with van der Waals surface area (Å²) in [5, 5.41) is 2.47. The van der Waals surface area contributed by atoms with Crippen LogP contribution in [0.3, 0.4) is 0 Å². The van der Waals surface area contributed by atoms with E-state index in [9.17, 15) is 26.7 Å². The van der Waals surface area contributed by atoms with Gasteiger partial charge >= 0.3 is 12.3 Å². The second kappa shape index (κ2) is 10.9. The summed E-state index contributed by atoms with van der Waals surface area (Å²) in [6.07, 6.45) is -6.51. The zero-order valence-corrected chi connectivity index (χ0v) is 16.2. The van der Waals surface area contributed by atoms with E-state index in [-0.39, 0.29) is 48.5 Å². The largest absolute Gasteiger partial charge is 0.490 e. The van der Waals surface area contributed by atoms with Gasteiger partial charge in [0.15, 0.2) is 0 Å². The minimum atomic E-state index is -4.29. The van der Waals surface area contributed by atoms with Crippen LogP contribution in [0, 0.1) is 11.6 Å². The number of rotatable bonds is 9. The molecule has 0 saturated heterocycles. The topological polar surface area (TPSA) is 56.8 Å². The summed E-state index contributed by atoms with van der Waals surface area (Å²) in [4.78, 5) is 11.3. The molecule has 5 nitrogen and oxygen atoms in total. The minimum Gasteiger partial charge on any atom is -0.490 e. The summed E-state index contributed by atoms with van der Waals surface area (Å²) in [6, 6.07) is 7.03. The minimum absolute atomic E-state index is 0.00663. The molecule has 0 aliphatic heterocycles. The first kappa shape index (κ1) is 23.5. The van der Waals surface area contributed by atoms with Crippen molar-refractivity contribution in [2.75, 3.05) is 19.8 Å². The lowest BCUT2D eigenvalue weighted by molar-refractivity contribution is -0.137. The van der Waals surface area contributed by atoms with Crippen molar-refractivity contribution in [3.8, 4) is 17.2 Å². The van der Waals surface area contributed by atoms with E-state index in [1.165, 1.54) is 18.2 Å². The first-order valence-corrected chi connectivity index (χ1v) is 9.04. The number of amides is 1. The molecule has 2 aromatic carbocycles. The lowest BCUT2D eigenvalue weighted by Gasteiger charge is -2.11. The molecule has 0 aliphatic carbocycles. The third-order valence-corrected chi connectivity index (χ3v) is 3.74. The second-order valence-electron chi connectivity index (χ2n) is 5.93. The molecule has 0 aliphatic rings. The van der Waals surface area contributed by atoms with Crippen molar-refractivity contribution >= 4 is 17.7 Å². The highest BCUT2D eigenvalue weighted by molar-refractivity contribution is 6.32. The standard InChI is InChI=1S/C19H17ClF5NO4/c20-16-11-14(30-15-9-12(21)8-13(22)10-15)2-3-17(16)28-7-5-26-18(27)29-6-1-4-19(23,24)25/h2-3,8-11H,1,4-7H2,(H,26,27). The molecule has 1 N–H and O–H groups in total. The number of hydrogen-bond acceptors (Lipinski definition) is 4. The van der Waals surface area contributed by atoms with Gasteiger partial charge < -0.3 is 19.5 Å². The predicted octanol–water partition coefficient (Wildman–Crippen LogP) is 5.86. The SMILES string of the molecule is O=C(NCCOc1ccc(Oc2cc(F)cc(F)c2)cc1Cl)OCCCC(F)(F)F. The average molecular weight is 454 g/mol. The van der Waals surface area contributed by atoms with Crippen LogP contribution in [-0.2, 0) is 4.74 Å². The summed E-state index contributed by atoms with van der Waals surface area (Å²) in [6.45, 7) is -0.323. The average Bonchev–Trinajstić information content (AvgIpc) is 2.62. The number of nitrogens with one attached hydrogen (secondary N) is 1. The lowest BCUT2D eigenvalue weighted by Crippen LogP contribution is -2.29. The fraction of sp³-hybridized carbons (Fsp3) is 0.316. The van der Waals surface area contributed by atoms with Crippen molar-refractivity contribution in [2.24, 2.45) is 0 Å². The summed E-state index contributed by atoms with van der Waals surface area (Å²) in [5.74, 6) is -1.15. The molecule has 2 rings (SSSR count). The van der Waals surface area contributed by atoms with Gasteiger partial charge in [0.05, 0.1) is 18.2 Å². The maximum atomic E-state index is 13.2. The summed E-state index contributed by atoms with van der Waals surface area (Å²) in [5.41, 5.74) is 0. The zero-order valence-electron chi connectivity index (χ0n) is 15.4. The predicted molar refractivity (Wildman–Crippen MR) is 98.0 cm³/mol. The van der Waals surface area contributed by atoms with Gasteiger partial charge in [0.2, 0.25) is 0 Å². The van der Waals surface area contributed by atoms with Crippen LogP contribution in [0.1, 0.15) is 12.8 Å². The summed E-state index contributed by atoms with van der Waals surface area (Å²) >= 11 is 6.06. The molecular weight excluding hydrogens is 437 g/mol. The van der Waals surface area contributed by atoms with E-state index in [4.69, 9.17) is 21.1 Å². The monoisotopic (exact) mass is 453 g/mol. The molecule has 2 aromatic rings. The Balaban J connectivity index is 1.72. The Labute approximate surface area is 173 Å². The van der Waals surface area contributed by atoms with Crippen LogP contribution < -0.4 is 14.8 Å². The number of carbonyl (C=O) groups excluding carboxylic acids is 1. The molecule has 0 fully saturated rings. The Hall–Kier alpha value is -2.75. The molecule has 0 aromatic heterocycles. The molecule has 0 spiro atoms. The van der Waals surface area contributed by atoms with Crippen molar-refractivity contribution in [1.82, 2.24) is 5.32 Å². The number of halogens is 6. The summed E-state index contributed by atoms with van der Waals surface area (Å²) in [7, 11) is 0. The van der Waals surface area contributed by atoms with E-state index in [0.29, 0.717) is 6.07 Å². The zero-order chi connectivity index (χ0) is 22.1. The lowest BCUT2D eigenvalue weighted by atomic mass is 10.3. The van der Waals surface area contributed by atoms with Gasteiger partial charge in [-0.05, 0) is 18.6 Å². The van der Waals surface area contributed by atoms with Crippen LogP contribution in [0.5, 0.6) is 17.2 Å². The third kappa shape index (κ3) is 8.73. The van der Waals surface area contributed by atoms with E-state index < -0.39 is 30.3 Å². The smallest absolute Gasteiger partial charge is 0.407 e. The number of ether oxygens (including phenoxy) is 3. The van der Waals surface area contributed by atoms with Crippen LogP contribution in [0.15, 0.2) is 36.4 Å². The molecular formula is C19H17ClF5NO4. The van der Waals surface area contributed by atoms with Gasteiger partial charge in [-0.3, -0.25) is 0 Å². The molecule has 0 bridgehead atoms. The molecule has 0 unspecified atom stereocenters. The maximum absolute atomic E-state index is 13.2. The summed E-state index contributed by atoms with van der Waals surface area (Å²) < 4.78 is 77.6. The third-order valence-electron chi connectivity index (χ3n) is 3.44.